The molecule has 1 unspecified atom stereocenters. The Morgan fingerprint density at radius 2 is 1.46 bits per heavy atom. The molecule has 0 aliphatic carbocycles. The van der Waals surface area contributed by atoms with Crippen molar-refractivity contribution in [1.82, 2.24) is 9.55 Å². The molecule has 3 aromatic rings. The monoisotopic (exact) mass is 334 g/mol. The quantitative estimate of drug-likeness (QED) is 0.664. The van der Waals surface area contributed by atoms with Gasteiger partial charge < -0.3 is 0 Å². The van der Waals surface area contributed by atoms with Gasteiger partial charge in [-0.15, -0.1) is 0 Å². The minimum atomic E-state index is -0.0798. The van der Waals surface area contributed by atoms with Crippen molar-refractivity contribution in [3.05, 3.63) is 59.7 Å². The molecule has 0 spiro atoms. The zero-order chi connectivity index (χ0) is 16.8. The zero-order valence-corrected chi connectivity index (χ0v) is 14.7. The average Bonchev–Trinajstić information content (AvgIpc) is 3.06. The average molecular weight is 334 g/mol. The third-order valence-corrected chi connectivity index (χ3v) is 5.39. The molecule has 0 radical (unpaired) electrons. The van der Waals surface area contributed by atoms with E-state index in [1.54, 1.807) is 4.57 Å². The van der Waals surface area contributed by atoms with Crippen LogP contribution < -0.4 is 0 Å². The minimum absolute atomic E-state index is 0.0798. The van der Waals surface area contributed by atoms with E-state index < -0.39 is 0 Å². The Balaban J connectivity index is 1.96. The van der Waals surface area contributed by atoms with Gasteiger partial charge in [-0.05, 0) is 20.8 Å². The predicted octanol–water partition coefficient (Wildman–Crippen LogP) is 4.97. The van der Waals surface area contributed by atoms with E-state index in [4.69, 9.17) is 4.98 Å². The number of thioether (sulfide) groups is 1. The van der Waals surface area contributed by atoms with Gasteiger partial charge >= 0.3 is 0 Å². The molecule has 0 amide bonds. The van der Waals surface area contributed by atoms with E-state index in [0.29, 0.717) is 0 Å². The van der Waals surface area contributed by atoms with Crippen molar-refractivity contribution in [3.63, 3.8) is 0 Å². The lowest BCUT2D eigenvalue weighted by atomic mass is 10.0. The molecule has 1 atom stereocenters. The predicted molar refractivity (Wildman–Crippen MR) is 98.5 cm³/mol. The number of imidazole rings is 1. The van der Waals surface area contributed by atoms with Crippen LogP contribution >= 0.6 is 11.8 Å². The number of hydrogen-bond donors (Lipinski definition) is 0. The fourth-order valence-electron chi connectivity index (χ4n) is 2.96. The van der Waals surface area contributed by atoms with Crippen LogP contribution in [0, 0.1) is 13.8 Å². The molecule has 4 heteroatoms. The van der Waals surface area contributed by atoms with Crippen molar-refractivity contribution in [1.29, 1.82) is 0 Å². The van der Waals surface area contributed by atoms with Crippen LogP contribution in [0.5, 0.6) is 0 Å². The van der Waals surface area contributed by atoms with Crippen LogP contribution in [-0.2, 0) is 0 Å². The first-order valence-electron chi connectivity index (χ1n) is 8.02. The van der Waals surface area contributed by atoms with E-state index in [-0.39, 0.29) is 11.2 Å². The first kappa shape index (κ1) is 15.2. The SMILES string of the molecule is Cc1ccc(-c2nc3n(c2-c2ccc(C)cc2)C(=O)C(C)S3)cc1. The summed E-state index contributed by atoms with van der Waals surface area (Å²) in [5.41, 5.74) is 6.25. The molecule has 0 fully saturated rings. The van der Waals surface area contributed by atoms with Crippen molar-refractivity contribution in [2.24, 2.45) is 0 Å². The second-order valence-corrected chi connectivity index (χ2v) is 7.57. The molecule has 0 saturated heterocycles. The molecule has 1 aromatic heterocycles. The molecule has 120 valence electrons. The number of hydrogen-bond acceptors (Lipinski definition) is 3. The maximum Gasteiger partial charge on any atom is 0.246 e. The van der Waals surface area contributed by atoms with Gasteiger partial charge in [-0.25, -0.2) is 4.98 Å². The maximum atomic E-state index is 12.7. The van der Waals surface area contributed by atoms with Crippen LogP contribution in [0.25, 0.3) is 22.5 Å². The van der Waals surface area contributed by atoms with Gasteiger partial charge in [-0.2, -0.15) is 0 Å². The van der Waals surface area contributed by atoms with Crippen molar-refractivity contribution >= 4 is 17.7 Å². The van der Waals surface area contributed by atoms with Gasteiger partial charge in [0.25, 0.3) is 0 Å². The van der Waals surface area contributed by atoms with Crippen LogP contribution in [0.4, 0.5) is 0 Å². The lowest BCUT2D eigenvalue weighted by molar-refractivity contribution is 0.0916. The van der Waals surface area contributed by atoms with E-state index in [1.807, 2.05) is 6.92 Å². The van der Waals surface area contributed by atoms with Gasteiger partial charge in [0.05, 0.1) is 16.6 Å². The lowest BCUT2D eigenvalue weighted by Crippen LogP contribution is -2.15. The molecule has 1 aliphatic rings. The Hall–Kier alpha value is -2.33. The number of benzene rings is 2. The van der Waals surface area contributed by atoms with E-state index >= 15 is 0 Å². The minimum Gasteiger partial charge on any atom is -0.273 e. The third-order valence-electron chi connectivity index (χ3n) is 4.35. The highest BCUT2D eigenvalue weighted by atomic mass is 32.2. The molecule has 2 heterocycles. The number of fused-ring (bicyclic) bond motifs is 1. The normalized spacial score (nSPS) is 16.5. The molecule has 0 bridgehead atoms. The summed E-state index contributed by atoms with van der Waals surface area (Å²) in [4.78, 5) is 17.5. The molecule has 2 aromatic carbocycles. The number of aryl methyl sites for hydroxylation is 2. The standard InChI is InChI=1S/C20H18N2OS/c1-12-4-8-15(9-5-12)17-18(16-10-6-13(2)7-11-16)22-19(23)14(3)24-20(22)21-17/h4-11,14H,1-3H3. The van der Waals surface area contributed by atoms with Gasteiger partial charge in [-0.3, -0.25) is 9.36 Å². The first-order valence-corrected chi connectivity index (χ1v) is 8.90. The van der Waals surface area contributed by atoms with Gasteiger partial charge in [0.2, 0.25) is 5.91 Å². The third kappa shape index (κ3) is 2.38. The van der Waals surface area contributed by atoms with Crippen molar-refractivity contribution in [3.8, 4) is 22.5 Å². The van der Waals surface area contributed by atoms with Gasteiger partial charge in [0.15, 0.2) is 5.16 Å². The number of aromatic nitrogens is 2. The Labute approximate surface area is 145 Å². The Bertz CT molecular complexity index is 924. The van der Waals surface area contributed by atoms with Gasteiger partial charge in [0, 0.05) is 11.1 Å². The molecular formula is C20H18N2OS. The summed E-state index contributed by atoms with van der Waals surface area (Å²) in [5, 5.41) is 0.711. The summed E-state index contributed by atoms with van der Waals surface area (Å²) in [5.74, 6) is 0.108. The maximum absolute atomic E-state index is 12.7. The van der Waals surface area contributed by atoms with Crippen LogP contribution in [0.15, 0.2) is 53.7 Å². The van der Waals surface area contributed by atoms with E-state index in [2.05, 4.69) is 62.4 Å². The number of nitrogens with zero attached hydrogens (tertiary/aromatic N) is 2. The molecule has 0 N–H and O–H groups in total. The molecule has 4 rings (SSSR count). The van der Waals surface area contributed by atoms with Crippen LogP contribution in [0.3, 0.4) is 0 Å². The second-order valence-electron chi connectivity index (χ2n) is 6.26. The fraction of sp³-hybridized carbons (Fsp3) is 0.200. The van der Waals surface area contributed by atoms with E-state index in [0.717, 1.165) is 27.7 Å². The Morgan fingerprint density at radius 1 is 0.917 bits per heavy atom. The highest BCUT2D eigenvalue weighted by molar-refractivity contribution is 8.00. The highest BCUT2D eigenvalue weighted by Gasteiger charge is 2.34. The summed E-state index contributed by atoms with van der Waals surface area (Å²) >= 11 is 1.53. The summed E-state index contributed by atoms with van der Waals surface area (Å²) in [7, 11) is 0. The van der Waals surface area contributed by atoms with E-state index in [1.165, 1.54) is 22.9 Å². The summed E-state index contributed by atoms with van der Waals surface area (Å²) < 4.78 is 1.79. The van der Waals surface area contributed by atoms with Gasteiger partial charge in [0.1, 0.15) is 0 Å². The largest absolute Gasteiger partial charge is 0.273 e. The van der Waals surface area contributed by atoms with Crippen LogP contribution in [0.2, 0.25) is 0 Å². The van der Waals surface area contributed by atoms with Crippen molar-refractivity contribution in [2.75, 3.05) is 0 Å². The Kier molecular flexibility index (Phi) is 3.57. The molecule has 0 saturated carbocycles. The number of carbonyl (C=O) groups is 1. The molecule has 3 nitrogen and oxygen atoms in total. The summed E-state index contributed by atoms with van der Waals surface area (Å²) in [6.45, 7) is 6.07. The smallest absolute Gasteiger partial charge is 0.246 e. The van der Waals surface area contributed by atoms with Crippen molar-refractivity contribution in [2.45, 2.75) is 31.2 Å². The van der Waals surface area contributed by atoms with Crippen molar-refractivity contribution < 1.29 is 4.79 Å². The Morgan fingerprint density at radius 3 is 2.04 bits per heavy atom. The number of rotatable bonds is 2. The summed E-state index contributed by atoms with van der Waals surface area (Å²) in [6.07, 6.45) is 0. The zero-order valence-electron chi connectivity index (χ0n) is 13.9. The lowest BCUT2D eigenvalue weighted by Gasteiger charge is -2.09. The van der Waals surface area contributed by atoms with Crippen LogP contribution in [0.1, 0.15) is 22.8 Å². The highest BCUT2D eigenvalue weighted by Crippen LogP contribution is 2.41. The molecule has 1 aliphatic heterocycles. The first-order chi connectivity index (χ1) is 11.5. The summed E-state index contributed by atoms with van der Waals surface area (Å²) in [6, 6.07) is 16.6. The van der Waals surface area contributed by atoms with E-state index in [9.17, 15) is 4.79 Å². The number of carbonyl (C=O) groups excluding carboxylic acids is 1. The fourth-order valence-corrected chi connectivity index (χ4v) is 3.92. The topological polar surface area (TPSA) is 34.9 Å². The van der Waals surface area contributed by atoms with Gasteiger partial charge in [-0.1, -0.05) is 71.4 Å². The molecular weight excluding hydrogens is 316 g/mol. The van der Waals surface area contributed by atoms with Crippen LogP contribution in [-0.4, -0.2) is 20.7 Å². The second kappa shape index (κ2) is 5.64. The molecule has 24 heavy (non-hydrogen) atoms.